The molecule has 0 spiro atoms. The van der Waals surface area contributed by atoms with Crippen molar-refractivity contribution in [2.75, 3.05) is 14.1 Å². The number of rotatable bonds is 4. The molecule has 5 heteroatoms. The Bertz CT molecular complexity index is 956. The molecule has 0 aliphatic carbocycles. The van der Waals surface area contributed by atoms with Crippen LogP contribution in [-0.2, 0) is 0 Å². The average molecular weight is 334 g/mol. The normalized spacial score (nSPS) is 12.8. The van der Waals surface area contributed by atoms with E-state index < -0.39 is 0 Å². The number of H-pyrrole nitrogens is 1. The number of hydrogen-bond donors (Lipinski definition) is 1. The lowest BCUT2D eigenvalue weighted by Crippen LogP contribution is -2.21. The highest BCUT2D eigenvalue weighted by atomic mass is 32.1. The van der Waals surface area contributed by atoms with Crippen molar-refractivity contribution in [1.82, 2.24) is 19.9 Å². The highest BCUT2D eigenvalue weighted by molar-refractivity contribution is 7.13. The fraction of sp³-hybridized carbons (Fsp3) is 0.158. The zero-order valence-electron chi connectivity index (χ0n) is 13.6. The van der Waals surface area contributed by atoms with Gasteiger partial charge in [0.2, 0.25) is 0 Å². The van der Waals surface area contributed by atoms with E-state index in [2.05, 4.69) is 76.4 Å². The molecule has 4 nitrogen and oxygen atoms in total. The molecule has 0 fully saturated rings. The minimum atomic E-state index is 0.178. The maximum absolute atomic E-state index is 4.43. The summed E-state index contributed by atoms with van der Waals surface area (Å²) < 4.78 is 0. The Hall–Kier alpha value is -2.50. The summed E-state index contributed by atoms with van der Waals surface area (Å²) in [5, 5.41) is 3.07. The van der Waals surface area contributed by atoms with Gasteiger partial charge in [-0.2, -0.15) is 0 Å². The van der Waals surface area contributed by atoms with Gasteiger partial charge < -0.3 is 4.98 Å². The minimum Gasteiger partial charge on any atom is -0.345 e. The van der Waals surface area contributed by atoms with Gasteiger partial charge in [-0.1, -0.05) is 24.3 Å². The lowest BCUT2D eigenvalue weighted by Gasteiger charge is -2.25. The van der Waals surface area contributed by atoms with Crippen molar-refractivity contribution in [3.63, 3.8) is 0 Å². The van der Waals surface area contributed by atoms with Gasteiger partial charge in [-0.25, -0.2) is 9.97 Å². The SMILES string of the molecule is CN(C)C(c1cccc(-c2nccs2)c1)c1ccc2nc[nH]c2c1. The second-order valence-corrected chi connectivity index (χ2v) is 6.90. The number of thiazole rings is 1. The van der Waals surface area contributed by atoms with Crippen molar-refractivity contribution in [2.45, 2.75) is 6.04 Å². The van der Waals surface area contributed by atoms with Gasteiger partial charge >= 0.3 is 0 Å². The molecule has 0 aliphatic heterocycles. The Morgan fingerprint density at radius 2 is 1.92 bits per heavy atom. The summed E-state index contributed by atoms with van der Waals surface area (Å²) in [4.78, 5) is 14.2. The van der Waals surface area contributed by atoms with E-state index in [1.165, 1.54) is 11.1 Å². The molecule has 0 saturated carbocycles. The summed E-state index contributed by atoms with van der Waals surface area (Å²) in [5.41, 5.74) is 5.72. The van der Waals surface area contributed by atoms with E-state index in [0.717, 1.165) is 21.6 Å². The largest absolute Gasteiger partial charge is 0.345 e. The lowest BCUT2D eigenvalue weighted by molar-refractivity contribution is 0.342. The van der Waals surface area contributed by atoms with Crippen molar-refractivity contribution in [1.29, 1.82) is 0 Å². The van der Waals surface area contributed by atoms with Gasteiger partial charge in [0.25, 0.3) is 0 Å². The lowest BCUT2D eigenvalue weighted by atomic mass is 9.96. The monoisotopic (exact) mass is 334 g/mol. The van der Waals surface area contributed by atoms with E-state index in [1.54, 1.807) is 17.7 Å². The van der Waals surface area contributed by atoms with Gasteiger partial charge in [0.1, 0.15) is 5.01 Å². The van der Waals surface area contributed by atoms with Crippen LogP contribution in [0.15, 0.2) is 60.4 Å². The molecule has 2 heterocycles. The fourth-order valence-electron chi connectivity index (χ4n) is 3.12. The number of imidazole rings is 1. The molecular weight excluding hydrogens is 316 g/mol. The summed E-state index contributed by atoms with van der Waals surface area (Å²) in [6, 6.07) is 15.2. The number of fused-ring (bicyclic) bond motifs is 1. The molecule has 1 N–H and O–H groups in total. The fourth-order valence-corrected chi connectivity index (χ4v) is 3.76. The van der Waals surface area contributed by atoms with Crippen LogP contribution < -0.4 is 0 Å². The summed E-state index contributed by atoms with van der Waals surface area (Å²) in [6.07, 6.45) is 3.59. The minimum absolute atomic E-state index is 0.178. The molecule has 24 heavy (non-hydrogen) atoms. The first kappa shape index (κ1) is 15.1. The van der Waals surface area contributed by atoms with E-state index in [9.17, 15) is 0 Å². The average Bonchev–Trinajstić information content (AvgIpc) is 3.26. The molecule has 0 bridgehead atoms. The molecule has 0 radical (unpaired) electrons. The highest BCUT2D eigenvalue weighted by Gasteiger charge is 2.18. The Balaban J connectivity index is 1.79. The third kappa shape index (κ3) is 2.72. The first-order valence-corrected chi connectivity index (χ1v) is 8.69. The van der Waals surface area contributed by atoms with Crippen LogP contribution in [0.2, 0.25) is 0 Å². The Morgan fingerprint density at radius 1 is 1.04 bits per heavy atom. The number of nitrogens with one attached hydrogen (secondary N) is 1. The second-order valence-electron chi connectivity index (χ2n) is 6.01. The molecule has 2 aromatic carbocycles. The van der Waals surface area contributed by atoms with Gasteiger partial charge in [0, 0.05) is 17.1 Å². The van der Waals surface area contributed by atoms with E-state index in [-0.39, 0.29) is 6.04 Å². The van der Waals surface area contributed by atoms with Crippen LogP contribution in [0.4, 0.5) is 0 Å². The molecule has 1 atom stereocenters. The Morgan fingerprint density at radius 3 is 2.71 bits per heavy atom. The summed E-state index contributed by atoms with van der Waals surface area (Å²) in [6.45, 7) is 0. The Kier molecular flexibility index (Phi) is 3.88. The molecule has 120 valence electrons. The van der Waals surface area contributed by atoms with Gasteiger partial charge in [0.15, 0.2) is 0 Å². The van der Waals surface area contributed by atoms with Gasteiger partial charge in [0.05, 0.1) is 23.4 Å². The highest BCUT2D eigenvalue weighted by Crippen LogP contribution is 2.31. The maximum atomic E-state index is 4.43. The molecule has 0 saturated heterocycles. The molecular formula is C19H18N4S. The molecule has 0 amide bonds. The quantitative estimate of drug-likeness (QED) is 0.604. The first-order valence-electron chi connectivity index (χ1n) is 7.81. The third-order valence-electron chi connectivity index (χ3n) is 4.16. The smallest absolute Gasteiger partial charge is 0.123 e. The van der Waals surface area contributed by atoms with E-state index >= 15 is 0 Å². The van der Waals surface area contributed by atoms with Gasteiger partial charge in [-0.15, -0.1) is 11.3 Å². The summed E-state index contributed by atoms with van der Waals surface area (Å²) in [5.74, 6) is 0. The van der Waals surface area contributed by atoms with Crippen LogP contribution in [-0.4, -0.2) is 33.9 Å². The van der Waals surface area contributed by atoms with Crippen LogP contribution in [0, 0.1) is 0 Å². The second kappa shape index (κ2) is 6.19. The number of aromatic amines is 1. The van der Waals surface area contributed by atoms with Crippen molar-refractivity contribution in [2.24, 2.45) is 0 Å². The van der Waals surface area contributed by atoms with E-state index in [0.29, 0.717) is 0 Å². The molecule has 0 aliphatic rings. The number of aromatic nitrogens is 3. The standard InChI is InChI=1S/C19H18N4S/c1-23(2)18(14-6-7-16-17(11-14)22-12-21-16)13-4-3-5-15(10-13)19-20-8-9-24-19/h3-12,18H,1-2H3,(H,21,22). The van der Waals surface area contributed by atoms with Crippen LogP contribution in [0.1, 0.15) is 17.2 Å². The number of hydrogen-bond acceptors (Lipinski definition) is 4. The zero-order chi connectivity index (χ0) is 16.5. The van der Waals surface area contributed by atoms with Crippen molar-refractivity contribution in [3.05, 3.63) is 71.5 Å². The number of benzene rings is 2. The van der Waals surface area contributed by atoms with Crippen LogP contribution in [0.25, 0.3) is 21.6 Å². The van der Waals surface area contributed by atoms with Crippen molar-refractivity contribution >= 4 is 22.4 Å². The summed E-state index contributed by atoms with van der Waals surface area (Å²) >= 11 is 1.67. The van der Waals surface area contributed by atoms with Crippen LogP contribution >= 0.6 is 11.3 Å². The predicted octanol–water partition coefficient (Wildman–Crippen LogP) is 4.34. The van der Waals surface area contributed by atoms with E-state index in [1.807, 2.05) is 11.6 Å². The maximum Gasteiger partial charge on any atom is 0.123 e. The molecule has 4 rings (SSSR count). The number of nitrogens with zero attached hydrogens (tertiary/aromatic N) is 3. The Labute approximate surface area is 144 Å². The first-order chi connectivity index (χ1) is 11.7. The van der Waals surface area contributed by atoms with E-state index in [4.69, 9.17) is 0 Å². The van der Waals surface area contributed by atoms with Gasteiger partial charge in [-0.05, 0) is 43.4 Å². The predicted molar refractivity (Wildman–Crippen MR) is 99.2 cm³/mol. The van der Waals surface area contributed by atoms with Crippen molar-refractivity contribution in [3.8, 4) is 10.6 Å². The van der Waals surface area contributed by atoms with Gasteiger partial charge in [-0.3, -0.25) is 4.90 Å². The molecule has 2 aromatic heterocycles. The van der Waals surface area contributed by atoms with Crippen LogP contribution in [0.3, 0.4) is 0 Å². The topological polar surface area (TPSA) is 44.8 Å². The van der Waals surface area contributed by atoms with Crippen LogP contribution in [0.5, 0.6) is 0 Å². The third-order valence-corrected chi connectivity index (χ3v) is 4.98. The van der Waals surface area contributed by atoms with Crippen molar-refractivity contribution < 1.29 is 0 Å². The molecule has 1 unspecified atom stereocenters. The zero-order valence-corrected chi connectivity index (χ0v) is 14.4. The summed E-state index contributed by atoms with van der Waals surface area (Å²) in [7, 11) is 4.22. The molecule has 4 aromatic rings.